The van der Waals surface area contributed by atoms with Crippen LogP contribution in [0, 0.1) is 11.8 Å². The number of piperidine rings is 1. The third-order valence-electron chi connectivity index (χ3n) is 5.08. The molecule has 1 aliphatic carbocycles. The molecule has 1 saturated carbocycles. The lowest BCUT2D eigenvalue weighted by Gasteiger charge is -2.34. The van der Waals surface area contributed by atoms with Crippen molar-refractivity contribution in [1.29, 1.82) is 0 Å². The van der Waals surface area contributed by atoms with Crippen LogP contribution in [0.5, 0.6) is 0 Å². The molecule has 4 heteroatoms. The number of carbonyl (C=O) groups is 2. The number of nitrogens with zero attached hydrogens (tertiary/aromatic N) is 2. The Hall–Kier alpha value is -1.06. The average Bonchev–Trinajstić information content (AvgIpc) is 3.05. The highest BCUT2D eigenvalue weighted by Crippen LogP contribution is 2.28. The maximum atomic E-state index is 12.4. The molecular formula is C17H30N2O2. The van der Waals surface area contributed by atoms with Gasteiger partial charge in [-0.2, -0.15) is 0 Å². The Bertz CT molecular complexity index is 356. The van der Waals surface area contributed by atoms with Crippen molar-refractivity contribution < 1.29 is 9.59 Å². The summed E-state index contributed by atoms with van der Waals surface area (Å²) < 4.78 is 0. The van der Waals surface area contributed by atoms with Crippen molar-refractivity contribution in [2.24, 2.45) is 11.8 Å². The van der Waals surface area contributed by atoms with Gasteiger partial charge in [-0.05, 0) is 32.1 Å². The number of rotatable bonds is 5. The summed E-state index contributed by atoms with van der Waals surface area (Å²) in [4.78, 5) is 28.6. The Morgan fingerprint density at radius 3 is 2.24 bits per heavy atom. The van der Waals surface area contributed by atoms with E-state index in [2.05, 4.69) is 6.92 Å². The Kier molecular flexibility index (Phi) is 6.07. The van der Waals surface area contributed by atoms with Crippen molar-refractivity contribution in [2.45, 2.75) is 58.3 Å². The molecule has 0 aromatic rings. The highest BCUT2D eigenvalue weighted by atomic mass is 16.2. The first kappa shape index (κ1) is 16.3. The van der Waals surface area contributed by atoms with Gasteiger partial charge >= 0.3 is 0 Å². The Morgan fingerprint density at radius 1 is 1.05 bits per heavy atom. The molecule has 120 valence electrons. The van der Waals surface area contributed by atoms with Gasteiger partial charge in [0.2, 0.25) is 11.8 Å². The molecule has 0 aromatic carbocycles. The molecule has 0 radical (unpaired) electrons. The van der Waals surface area contributed by atoms with Gasteiger partial charge in [0.25, 0.3) is 0 Å². The molecule has 2 fully saturated rings. The van der Waals surface area contributed by atoms with Crippen LogP contribution in [0.25, 0.3) is 0 Å². The standard InChI is InChI=1S/C17H30N2O2/c1-3-4-11-18(2)16(20)15-9-12-19(13-10-15)17(21)14-7-5-6-8-14/h14-15H,3-13H2,1-2H3. The molecule has 2 rings (SSSR count). The van der Waals surface area contributed by atoms with Gasteiger partial charge in [0, 0.05) is 38.5 Å². The molecule has 2 aliphatic rings. The third-order valence-corrected chi connectivity index (χ3v) is 5.08. The summed E-state index contributed by atoms with van der Waals surface area (Å²) >= 11 is 0. The zero-order valence-electron chi connectivity index (χ0n) is 13.6. The molecule has 21 heavy (non-hydrogen) atoms. The molecule has 1 saturated heterocycles. The number of unbranched alkanes of at least 4 members (excludes halogenated alkanes) is 1. The largest absolute Gasteiger partial charge is 0.346 e. The quantitative estimate of drug-likeness (QED) is 0.782. The molecule has 2 amide bonds. The molecule has 0 atom stereocenters. The van der Waals surface area contributed by atoms with Crippen LogP contribution in [-0.2, 0) is 9.59 Å². The monoisotopic (exact) mass is 294 g/mol. The third kappa shape index (κ3) is 4.21. The van der Waals surface area contributed by atoms with E-state index in [1.807, 2.05) is 16.8 Å². The fourth-order valence-electron chi connectivity index (χ4n) is 3.59. The second-order valence-electron chi connectivity index (χ2n) is 6.69. The normalized spacial score (nSPS) is 20.8. The van der Waals surface area contributed by atoms with E-state index in [9.17, 15) is 9.59 Å². The topological polar surface area (TPSA) is 40.6 Å². The van der Waals surface area contributed by atoms with E-state index in [1.54, 1.807) is 0 Å². The number of carbonyl (C=O) groups excluding carboxylic acids is 2. The summed E-state index contributed by atoms with van der Waals surface area (Å²) in [6.45, 7) is 4.54. The Morgan fingerprint density at radius 2 is 1.67 bits per heavy atom. The molecule has 0 spiro atoms. The van der Waals surface area contributed by atoms with E-state index in [0.29, 0.717) is 5.91 Å². The zero-order chi connectivity index (χ0) is 15.2. The van der Waals surface area contributed by atoms with E-state index < -0.39 is 0 Å². The van der Waals surface area contributed by atoms with Crippen LogP contribution >= 0.6 is 0 Å². The van der Waals surface area contributed by atoms with Gasteiger partial charge in [0.15, 0.2) is 0 Å². The number of hydrogen-bond acceptors (Lipinski definition) is 2. The number of likely N-dealkylation sites (tertiary alicyclic amines) is 1. The van der Waals surface area contributed by atoms with Crippen LogP contribution in [0.2, 0.25) is 0 Å². The van der Waals surface area contributed by atoms with Gasteiger partial charge in [0.05, 0.1) is 0 Å². The van der Waals surface area contributed by atoms with Crippen molar-refractivity contribution in [1.82, 2.24) is 9.80 Å². The molecule has 0 N–H and O–H groups in total. The molecule has 1 aliphatic heterocycles. The van der Waals surface area contributed by atoms with Gasteiger partial charge in [-0.15, -0.1) is 0 Å². The fraction of sp³-hybridized carbons (Fsp3) is 0.882. The number of amides is 2. The maximum absolute atomic E-state index is 12.4. The van der Waals surface area contributed by atoms with Crippen molar-refractivity contribution in [3.63, 3.8) is 0 Å². The molecule has 0 unspecified atom stereocenters. The highest BCUT2D eigenvalue weighted by molar-refractivity contribution is 5.81. The van der Waals surface area contributed by atoms with Crippen LogP contribution in [-0.4, -0.2) is 48.3 Å². The van der Waals surface area contributed by atoms with Gasteiger partial charge in [0.1, 0.15) is 0 Å². The molecule has 0 bridgehead atoms. The molecule has 1 heterocycles. The van der Waals surface area contributed by atoms with E-state index in [4.69, 9.17) is 0 Å². The molecular weight excluding hydrogens is 264 g/mol. The summed E-state index contributed by atoms with van der Waals surface area (Å²) in [5.74, 6) is 1.01. The molecule has 0 aromatic heterocycles. The van der Waals surface area contributed by atoms with Crippen LogP contribution in [0.15, 0.2) is 0 Å². The lowest BCUT2D eigenvalue weighted by molar-refractivity contribution is -0.141. The van der Waals surface area contributed by atoms with Gasteiger partial charge in [-0.3, -0.25) is 9.59 Å². The summed E-state index contributed by atoms with van der Waals surface area (Å²) in [5.41, 5.74) is 0. The van der Waals surface area contributed by atoms with Crippen molar-refractivity contribution in [3.05, 3.63) is 0 Å². The summed E-state index contributed by atoms with van der Waals surface area (Å²) in [6, 6.07) is 0. The van der Waals surface area contributed by atoms with Crippen molar-refractivity contribution >= 4 is 11.8 Å². The van der Waals surface area contributed by atoms with E-state index in [-0.39, 0.29) is 17.7 Å². The van der Waals surface area contributed by atoms with E-state index in [0.717, 1.165) is 58.2 Å². The summed E-state index contributed by atoms with van der Waals surface area (Å²) in [5, 5.41) is 0. The average molecular weight is 294 g/mol. The maximum Gasteiger partial charge on any atom is 0.225 e. The second-order valence-corrected chi connectivity index (χ2v) is 6.69. The summed E-state index contributed by atoms with van der Waals surface area (Å²) in [7, 11) is 1.91. The van der Waals surface area contributed by atoms with Crippen LogP contribution in [0.3, 0.4) is 0 Å². The highest BCUT2D eigenvalue weighted by Gasteiger charge is 2.32. The molecule has 4 nitrogen and oxygen atoms in total. The van der Waals surface area contributed by atoms with Crippen LogP contribution in [0.1, 0.15) is 58.3 Å². The lowest BCUT2D eigenvalue weighted by atomic mass is 9.94. The predicted octanol–water partition coefficient (Wildman–Crippen LogP) is 2.67. The first-order chi connectivity index (χ1) is 10.1. The van der Waals surface area contributed by atoms with Crippen LogP contribution in [0.4, 0.5) is 0 Å². The van der Waals surface area contributed by atoms with Gasteiger partial charge in [-0.25, -0.2) is 0 Å². The first-order valence-corrected chi connectivity index (χ1v) is 8.67. The minimum absolute atomic E-state index is 0.125. The second kappa shape index (κ2) is 7.81. The zero-order valence-corrected chi connectivity index (χ0v) is 13.6. The smallest absolute Gasteiger partial charge is 0.225 e. The lowest BCUT2D eigenvalue weighted by Crippen LogP contribution is -2.45. The summed E-state index contributed by atoms with van der Waals surface area (Å²) in [6.07, 6.45) is 8.41. The minimum atomic E-state index is 0.125. The van der Waals surface area contributed by atoms with Gasteiger partial charge in [-0.1, -0.05) is 26.2 Å². The van der Waals surface area contributed by atoms with Crippen molar-refractivity contribution in [2.75, 3.05) is 26.7 Å². The predicted molar refractivity (Wildman–Crippen MR) is 83.8 cm³/mol. The SMILES string of the molecule is CCCCN(C)C(=O)C1CCN(C(=O)C2CCCC2)CC1. The van der Waals surface area contributed by atoms with E-state index in [1.165, 1.54) is 12.8 Å². The van der Waals surface area contributed by atoms with Crippen LogP contribution < -0.4 is 0 Å². The fourth-order valence-corrected chi connectivity index (χ4v) is 3.59. The Balaban J connectivity index is 1.77. The first-order valence-electron chi connectivity index (χ1n) is 8.67. The number of hydrogen-bond donors (Lipinski definition) is 0. The minimum Gasteiger partial charge on any atom is -0.346 e. The van der Waals surface area contributed by atoms with Gasteiger partial charge < -0.3 is 9.80 Å². The van der Waals surface area contributed by atoms with Crippen molar-refractivity contribution in [3.8, 4) is 0 Å². The van der Waals surface area contributed by atoms with E-state index >= 15 is 0 Å². The Labute approximate surface area is 128 Å².